The van der Waals surface area contributed by atoms with Gasteiger partial charge in [0, 0.05) is 11.4 Å². The number of benzene rings is 1. The number of nitrogens with two attached hydrogens (primary N) is 1. The van der Waals surface area contributed by atoms with Crippen LogP contribution < -0.4 is 15.8 Å². The number of hydrogen-bond acceptors (Lipinski definition) is 4. The van der Waals surface area contributed by atoms with Crippen molar-refractivity contribution in [1.82, 2.24) is 10.6 Å². The van der Waals surface area contributed by atoms with Gasteiger partial charge in [-0.25, -0.2) is 22.9 Å². The summed E-state index contributed by atoms with van der Waals surface area (Å²) < 4.78 is 75.0. The third kappa shape index (κ3) is 6.17. The number of sulfonamides is 1. The lowest BCUT2D eigenvalue weighted by Crippen LogP contribution is -2.36. The second-order valence-electron chi connectivity index (χ2n) is 5.61. The first-order chi connectivity index (χ1) is 13.0. The minimum Gasteiger partial charge on any atom is -0.357 e. The zero-order valence-electron chi connectivity index (χ0n) is 14.7. The van der Waals surface area contributed by atoms with E-state index in [0.29, 0.717) is 17.5 Å². The van der Waals surface area contributed by atoms with Gasteiger partial charge in [-0.05, 0) is 36.8 Å². The van der Waals surface area contributed by atoms with Crippen LogP contribution in [0, 0.1) is 5.82 Å². The predicted molar refractivity (Wildman–Crippen MR) is 98.7 cm³/mol. The van der Waals surface area contributed by atoms with E-state index < -0.39 is 27.6 Å². The normalized spacial score (nSPS) is 12.9. The third-order valence-electron chi connectivity index (χ3n) is 3.48. The van der Waals surface area contributed by atoms with E-state index in [9.17, 15) is 26.0 Å². The van der Waals surface area contributed by atoms with Crippen LogP contribution in [0.5, 0.6) is 0 Å². The van der Waals surface area contributed by atoms with Crippen molar-refractivity contribution in [2.75, 3.05) is 6.54 Å². The molecule has 1 heterocycles. The zero-order valence-corrected chi connectivity index (χ0v) is 16.3. The Balaban J connectivity index is 2.14. The molecule has 12 heteroatoms. The molecular weight excluding hydrogens is 420 g/mol. The van der Waals surface area contributed by atoms with E-state index in [1.807, 2.05) is 0 Å². The van der Waals surface area contributed by atoms with Gasteiger partial charge in [-0.3, -0.25) is 0 Å². The molecule has 0 amide bonds. The van der Waals surface area contributed by atoms with Gasteiger partial charge in [0.15, 0.2) is 5.96 Å². The van der Waals surface area contributed by atoms with Crippen molar-refractivity contribution >= 4 is 27.3 Å². The van der Waals surface area contributed by atoms with Crippen molar-refractivity contribution in [3.05, 3.63) is 52.2 Å². The molecule has 0 spiro atoms. The summed E-state index contributed by atoms with van der Waals surface area (Å²) in [4.78, 5) is 4.74. The Morgan fingerprint density at radius 3 is 2.50 bits per heavy atom. The molecule has 0 saturated heterocycles. The monoisotopic (exact) mass is 438 g/mol. The van der Waals surface area contributed by atoms with Gasteiger partial charge in [0.05, 0.1) is 18.7 Å². The summed E-state index contributed by atoms with van der Waals surface area (Å²) in [5.41, 5.74) is -1.25. The van der Waals surface area contributed by atoms with Gasteiger partial charge >= 0.3 is 6.18 Å². The molecule has 2 aromatic rings. The number of rotatable bonds is 6. The van der Waals surface area contributed by atoms with E-state index in [1.165, 1.54) is 6.07 Å². The van der Waals surface area contributed by atoms with Crippen molar-refractivity contribution in [3.8, 4) is 0 Å². The molecule has 1 aromatic heterocycles. The van der Waals surface area contributed by atoms with E-state index in [-0.39, 0.29) is 28.8 Å². The van der Waals surface area contributed by atoms with Crippen LogP contribution in [0.4, 0.5) is 17.6 Å². The average Bonchev–Trinajstić information content (AvgIpc) is 3.06. The maximum Gasteiger partial charge on any atom is 0.416 e. The molecule has 2 rings (SSSR count). The first-order valence-electron chi connectivity index (χ1n) is 8.00. The summed E-state index contributed by atoms with van der Waals surface area (Å²) >= 11 is 0.973. The van der Waals surface area contributed by atoms with Crippen LogP contribution in [0.15, 0.2) is 39.5 Å². The van der Waals surface area contributed by atoms with Crippen molar-refractivity contribution in [1.29, 1.82) is 0 Å². The van der Waals surface area contributed by atoms with Crippen LogP contribution in [-0.2, 0) is 29.3 Å². The molecule has 0 bridgehead atoms. The summed E-state index contributed by atoms with van der Waals surface area (Å²) in [6.07, 6.45) is -4.69. The molecule has 4 N–H and O–H groups in total. The Bertz CT molecular complexity index is 956. The smallest absolute Gasteiger partial charge is 0.357 e. The lowest BCUT2D eigenvalue weighted by Gasteiger charge is -2.13. The quantitative estimate of drug-likeness (QED) is 0.367. The Morgan fingerprint density at radius 1 is 1.21 bits per heavy atom. The third-order valence-corrected chi connectivity index (χ3v) is 6.00. The first kappa shape index (κ1) is 22.1. The molecule has 0 saturated carbocycles. The second-order valence-corrected chi connectivity index (χ2v) is 8.57. The highest BCUT2D eigenvalue weighted by Crippen LogP contribution is 2.32. The highest BCUT2D eigenvalue weighted by atomic mass is 32.2. The van der Waals surface area contributed by atoms with Crippen molar-refractivity contribution in [2.24, 2.45) is 10.1 Å². The average molecular weight is 438 g/mol. The molecule has 0 aliphatic carbocycles. The van der Waals surface area contributed by atoms with Gasteiger partial charge in [-0.1, -0.05) is 6.07 Å². The number of halogens is 4. The van der Waals surface area contributed by atoms with Crippen molar-refractivity contribution < 1.29 is 26.0 Å². The second kappa shape index (κ2) is 8.88. The Kier molecular flexibility index (Phi) is 7.01. The first-order valence-corrected chi connectivity index (χ1v) is 10.4. The molecule has 0 aliphatic rings. The summed E-state index contributed by atoms with van der Waals surface area (Å²) in [5, 5.41) is 10.8. The lowest BCUT2D eigenvalue weighted by atomic mass is 10.1. The molecule has 6 nitrogen and oxygen atoms in total. The van der Waals surface area contributed by atoms with Crippen LogP contribution in [0.25, 0.3) is 0 Å². The maximum absolute atomic E-state index is 13.2. The van der Waals surface area contributed by atoms with Gasteiger partial charge < -0.3 is 10.6 Å². The molecule has 0 atom stereocenters. The fraction of sp³-hybridized carbons (Fsp3) is 0.312. The number of alkyl halides is 3. The Morgan fingerprint density at radius 2 is 1.93 bits per heavy atom. The van der Waals surface area contributed by atoms with Crippen LogP contribution >= 0.6 is 11.3 Å². The number of nitrogens with zero attached hydrogens (tertiary/aromatic N) is 1. The lowest BCUT2D eigenvalue weighted by molar-refractivity contribution is -0.138. The molecule has 0 radical (unpaired) electrons. The van der Waals surface area contributed by atoms with E-state index in [4.69, 9.17) is 5.14 Å². The number of thiophene rings is 1. The van der Waals surface area contributed by atoms with Crippen LogP contribution in [0.1, 0.15) is 22.9 Å². The largest absolute Gasteiger partial charge is 0.416 e. The van der Waals surface area contributed by atoms with Crippen LogP contribution in [-0.4, -0.2) is 20.9 Å². The van der Waals surface area contributed by atoms with Crippen LogP contribution in [0.2, 0.25) is 0 Å². The number of hydrogen-bond donors (Lipinski definition) is 3. The van der Waals surface area contributed by atoms with Crippen molar-refractivity contribution in [2.45, 2.75) is 30.4 Å². The molecule has 0 fully saturated rings. The van der Waals surface area contributed by atoms with Gasteiger partial charge in [-0.15, -0.1) is 11.3 Å². The number of aliphatic imine (C=N–C) groups is 1. The summed E-state index contributed by atoms with van der Waals surface area (Å²) in [5.74, 6) is -0.751. The topological polar surface area (TPSA) is 96.6 Å². The van der Waals surface area contributed by atoms with Gasteiger partial charge in [-0.2, -0.15) is 13.2 Å². The standard InChI is InChI=1S/C16H18F4N4O2S2/c1-2-22-15(24-9-12-5-6-14(27-12)28(21,25)26)23-8-10-3-4-11(17)7-13(10)16(18,19)20/h3-7H,2,8-9H2,1H3,(H2,21,25,26)(H2,22,23,24). The fourth-order valence-corrected chi connectivity index (χ4v) is 3.95. The molecular formula is C16H18F4N4O2S2. The Labute approximate surface area is 163 Å². The fourth-order valence-electron chi connectivity index (χ4n) is 2.23. The number of guanidine groups is 1. The van der Waals surface area contributed by atoms with Crippen LogP contribution in [0.3, 0.4) is 0 Å². The maximum atomic E-state index is 13.2. The van der Waals surface area contributed by atoms with E-state index in [0.717, 1.165) is 23.5 Å². The Hall–Kier alpha value is -2.18. The highest BCUT2D eigenvalue weighted by Gasteiger charge is 2.33. The van der Waals surface area contributed by atoms with Gasteiger partial charge in [0.1, 0.15) is 10.0 Å². The summed E-state index contributed by atoms with van der Waals surface area (Å²) in [6.45, 7) is 2.10. The van der Waals surface area contributed by atoms with E-state index in [1.54, 1.807) is 13.0 Å². The molecule has 154 valence electrons. The molecule has 0 unspecified atom stereocenters. The van der Waals surface area contributed by atoms with Gasteiger partial charge in [0.25, 0.3) is 0 Å². The SMILES string of the molecule is CCNC(=NCc1ccc(F)cc1C(F)(F)F)NCc1ccc(S(N)(=O)=O)s1. The molecule has 28 heavy (non-hydrogen) atoms. The zero-order chi connectivity index (χ0) is 20.9. The number of primary sulfonamides is 1. The molecule has 0 aliphatic heterocycles. The highest BCUT2D eigenvalue weighted by molar-refractivity contribution is 7.91. The summed E-state index contributed by atoms with van der Waals surface area (Å²) in [7, 11) is -3.79. The van der Waals surface area contributed by atoms with Crippen molar-refractivity contribution in [3.63, 3.8) is 0 Å². The van der Waals surface area contributed by atoms with E-state index >= 15 is 0 Å². The minimum atomic E-state index is -4.69. The van der Waals surface area contributed by atoms with E-state index in [2.05, 4.69) is 15.6 Å². The number of nitrogens with one attached hydrogen (secondary N) is 2. The summed E-state index contributed by atoms with van der Waals surface area (Å²) in [6, 6.07) is 5.37. The van der Waals surface area contributed by atoms with Gasteiger partial charge in [0.2, 0.25) is 10.0 Å². The predicted octanol–water partition coefficient (Wildman–Crippen LogP) is 2.81. The molecule has 1 aromatic carbocycles. The minimum absolute atomic E-state index is 0.00682.